The smallest absolute Gasteiger partial charge is 1.00 e. The second kappa shape index (κ2) is 44.0. The van der Waals surface area contributed by atoms with Gasteiger partial charge in [-0.05, 0) is 109 Å². The van der Waals surface area contributed by atoms with Gasteiger partial charge in [0.05, 0.1) is 82.5 Å². The Morgan fingerprint density at radius 2 is 0.842 bits per heavy atom. The van der Waals surface area contributed by atoms with E-state index in [0.717, 1.165) is 54.6 Å². The number of sulfone groups is 2. The van der Waals surface area contributed by atoms with E-state index in [9.17, 15) is 79.2 Å². The van der Waals surface area contributed by atoms with Crippen molar-refractivity contribution in [1.82, 2.24) is 15.0 Å². The Morgan fingerprint density at radius 3 is 1.30 bits per heavy atom. The number of hydrogen-bond acceptors (Lipinski definition) is 37. The van der Waals surface area contributed by atoms with Crippen LogP contribution in [-0.2, 0) is 87.3 Å². The molecule has 0 aliphatic heterocycles. The van der Waals surface area contributed by atoms with Gasteiger partial charge in [-0.1, -0.05) is 30.3 Å². The number of aromatic nitrogens is 3. The zero-order valence-corrected chi connectivity index (χ0v) is 78.3. The number of thiol groups is 1. The average Bonchev–Trinajstić information content (AvgIpc) is 0.770. The fourth-order valence-electron chi connectivity index (χ4n) is 8.46. The molecule has 0 amide bonds. The van der Waals surface area contributed by atoms with E-state index in [4.69, 9.17) is 8.37 Å². The first-order chi connectivity index (χ1) is 44.7. The number of nitrogens with one attached hydrogen (secondary N) is 3. The molecule has 34 nitrogen and oxygen atoms in total. The molecule has 0 saturated heterocycles. The zero-order valence-electron chi connectivity index (χ0n) is 52.4. The summed E-state index contributed by atoms with van der Waals surface area (Å²) < 4.78 is 219. The Morgan fingerprint density at radius 1 is 0.436 bits per heavy atom. The Labute approximate surface area is 747 Å². The van der Waals surface area contributed by atoms with Crippen molar-refractivity contribution >= 4 is 232 Å². The van der Waals surface area contributed by atoms with Crippen LogP contribution in [0.15, 0.2) is 189 Å². The third-order valence-corrected chi connectivity index (χ3v) is 20.0. The molecule has 101 heavy (non-hydrogen) atoms. The predicted molar refractivity (Wildman–Crippen MR) is 361 cm³/mol. The van der Waals surface area contributed by atoms with Gasteiger partial charge in [0, 0.05) is 43.7 Å². The van der Waals surface area contributed by atoms with Gasteiger partial charge in [0.25, 0.3) is 0 Å². The molecule has 0 radical (unpaired) electrons. The molecule has 0 aliphatic rings. The van der Waals surface area contributed by atoms with Crippen LogP contribution in [0.5, 0.6) is 0 Å². The second-order valence-corrected chi connectivity index (χ2v) is 62.3. The van der Waals surface area contributed by atoms with Crippen LogP contribution in [0.25, 0.3) is 32.3 Å². The number of rotatable bonds is 28. The quantitative estimate of drug-likeness (QED) is 0.00407. The largest absolute Gasteiger partial charge is 1.00 e. The number of benzene rings is 8. The van der Waals surface area contributed by atoms with Crippen molar-refractivity contribution in [2.75, 3.05) is 40.7 Å². The number of azo groups is 2. The molecule has 0 saturated carbocycles. The van der Waals surface area contributed by atoms with E-state index >= 15 is 0 Å². The van der Waals surface area contributed by atoms with E-state index in [2.05, 4.69) is 117 Å². The van der Waals surface area contributed by atoms with Crippen LogP contribution in [0.4, 0.5) is 57.7 Å². The predicted octanol–water partition coefficient (Wildman–Crippen LogP) is -8.78. The van der Waals surface area contributed by atoms with Crippen molar-refractivity contribution in [2.45, 2.75) is 29.4 Å². The normalized spacial score (nSPS) is 12.0. The molecule has 9 aromatic rings. The molecule has 52 heteroatoms. The van der Waals surface area contributed by atoms with Crippen molar-refractivity contribution < 1.29 is 284 Å². The third kappa shape index (κ3) is 28.4. The summed E-state index contributed by atoms with van der Waals surface area (Å²) in [5.74, 6) is -1.94. The van der Waals surface area contributed by atoms with Crippen molar-refractivity contribution in [1.29, 1.82) is 0 Å². The number of fused-ring (bicyclic) bond motifs is 3. The van der Waals surface area contributed by atoms with Crippen molar-refractivity contribution in [3.8, 4) is 0 Å². The van der Waals surface area contributed by atoms with Gasteiger partial charge in [-0.25, -0.2) is 50.5 Å². The molecule has 9 rings (SSSR count). The van der Waals surface area contributed by atoms with Gasteiger partial charge in [0.15, 0.2) is 44.3 Å². The summed E-state index contributed by atoms with van der Waals surface area (Å²) in [6.07, 6.45) is 0. The van der Waals surface area contributed by atoms with Gasteiger partial charge in [0.2, 0.25) is 17.8 Å². The minimum Gasteiger partial charge on any atom is 1.00 e. The molecular formula is C49H35I3N10Na6O24S9. The van der Waals surface area contributed by atoms with Crippen LogP contribution in [0.2, 0.25) is 0 Å². The van der Waals surface area contributed by atoms with E-state index in [0.29, 0.717) is 0 Å². The van der Waals surface area contributed by atoms with Crippen molar-refractivity contribution in [2.24, 2.45) is 20.5 Å². The Balaban J connectivity index is 0.00000338. The minimum absolute atomic E-state index is 0. The Hall–Kier alpha value is 0.610. The molecule has 3 N–H and O–H groups in total. The van der Waals surface area contributed by atoms with Gasteiger partial charge in [-0.2, -0.15) is 20.1 Å². The van der Waals surface area contributed by atoms with Gasteiger partial charge < -0.3 is 44.7 Å². The summed E-state index contributed by atoms with van der Waals surface area (Å²) in [5.41, 5.74) is -0.590. The molecule has 506 valence electrons. The van der Waals surface area contributed by atoms with Gasteiger partial charge in [-0.15, -0.1) is 24.0 Å². The van der Waals surface area contributed by atoms with Gasteiger partial charge >= 0.3 is 235 Å². The molecule has 0 atom stereocenters. The average molecular weight is 1960 g/mol. The fourth-order valence-corrected chi connectivity index (χ4v) is 13.9. The maximum atomic E-state index is 13.0. The van der Waals surface area contributed by atoms with E-state index in [-0.39, 0.29) is 285 Å². The van der Waals surface area contributed by atoms with Crippen LogP contribution >= 0.6 is 82.2 Å². The number of hydrogen-bond donors (Lipinski definition) is 4. The van der Waals surface area contributed by atoms with Crippen molar-refractivity contribution in [3.63, 3.8) is 0 Å². The van der Waals surface area contributed by atoms with Gasteiger partial charge in [-0.3, -0.25) is 18.4 Å². The topological polar surface area (TPSA) is 523 Å². The molecule has 0 aliphatic carbocycles. The maximum Gasteiger partial charge on any atom is 1.00 e. The molecule has 0 unspecified atom stereocenters. The monoisotopic (exact) mass is 1950 g/mol. The number of halogens is 3. The maximum absolute atomic E-state index is 13.0. The SMILES string of the molecule is O=S(=O)([O-])c1ccc2c(N=Nc3cc(S(=O)(=O)[O-])c4cccc(S(=O)(=O)[O-])c4c3)ccc(N=Nc3ccc(Nc4nc(Nc5ccc(S(=O)(=O)CCOSOO[O-])cc5)nc(Nc5ccc(S(=O)(=O)CCOSOO[O-])cc5)n4)c4c(S(=O)(=O)[O-])cccc34)c2c1.SI(I)I.[Na+].[Na+].[Na+].[Na+].[Na+].[Na+]. The fraction of sp³-hybridized carbons (Fsp3) is 0.0816. The van der Waals surface area contributed by atoms with Gasteiger partial charge in [0.1, 0.15) is 40.5 Å². The molecule has 0 spiro atoms. The summed E-state index contributed by atoms with van der Waals surface area (Å²) in [7, 11) is -25.5. The molecule has 8 aromatic carbocycles. The number of nitrogens with zero attached hydrogens (tertiary/aromatic N) is 7. The van der Waals surface area contributed by atoms with Crippen LogP contribution in [-0.4, -0.2) is 108 Å². The van der Waals surface area contributed by atoms with E-state index in [1.54, 1.807) is 0 Å². The van der Waals surface area contributed by atoms with Crippen LogP contribution in [0.3, 0.4) is 0 Å². The standard InChI is InChI=1S/C49H40N10O24S8.HI3S.6Na/c60-80-82-84-78-21-23-86(62,63)31-11-7-28(8-12-31)50-47-53-48(51-29-9-13-32(14-10-29)87(64,65)24-22-79-85-83-81-61)55-49(54-47)52-42-20-19-40(36-4-2-6-44(46(36)42)90(72,73)74)58-59-41-18-17-39(34-16-15-33(27-37(34)41)88(66,67)68)57-56-30-25-38-35(45(26-30)91(75,76)77)3-1-5-43(38)89(69,70)71;1-3(2)4;;;;;;/h1-20,25-27,60-61H,21-24H2,(H,66,67,68)(H,69,70,71)(H,72,73,74)(H,75,76,77)(H3,50,51,52,53,54,55);4H;;;;;;/q;;6*+1/p-6. The van der Waals surface area contributed by atoms with E-state index in [1.165, 1.54) is 84.9 Å². The summed E-state index contributed by atoms with van der Waals surface area (Å²) in [6.45, 7) is -0.801. The molecular weight excluding hydrogens is 1920 g/mol. The minimum atomic E-state index is -5.36. The summed E-state index contributed by atoms with van der Waals surface area (Å²) in [4.78, 5) is 9.53. The first-order valence-electron chi connectivity index (χ1n) is 25.1. The molecule has 1 heterocycles. The summed E-state index contributed by atoms with van der Waals surface area (Å²) in [6, 6.07) is 26.7. The second-order valence-electron chi connectivity index (χ2n) is 18.2. The Bertz CT molecular complexity index is 5060. The van der Waals surface area contributed by atoms with Crippen LogP contribution in [0, 0.1) is 0 Å². The zero-order chi connectivity index (χ0) is 69.1. The third-order valence-electron chi connectivity index (χ3n) is 12.4. The summed E-state index contributed by atoms with van der Waals surface area (Å²) in [5, 5.41) is 50.3. The van der Waals surface area contributed by atoms with Crippen molar-refractivity contribution in [3.05, 3.63) is 140 Å². The Kier molecular flexibility index (Phi) is 42.6. The van der Waals surface area contributed by atoms with Crippen LogP contribution in [0.1, 0.15) is 0 Å². The first-order valence-corrected chi connectivity index (χ1v) is 51.1. The molecule has 0 fully saturated rings. The molecule has 1 aromatic heterocycles. The van der Waals surface area contributed by atoms with Crippen LogP contribution < -0.4 is 204 Å². The molecule has 0 bridgehead atoms. The number of anilines is 6. The van der Waals surface area contributed by atoms with E-state index in [1.807, 2.05) is 0 Å². The van der Waals surface area contributed by atoms with E-state index < -0.39 is 131 Å². The summed E-state index contributed by atoms with van der Waals surface area (Å²) >= 11 is 4.95. The first kappa shape index (κ1) is 97.7.